The Morgan fingerprint density at radius 1 is 1.06 bits per heavy atom. The van der Waals surface area contributed by atoms with E-state index < -0.39 is 5.92 Å². The van der Waals surface area contributed by atoms with Crippen LogP contribution in [0.15, 0.2) is 71.2 Å². The summed E-state index contributed by atoms with van der Waals surface area (Å²) in [6, 6.07) is 18.3. The van der Waals surface area contributed by atoms with Crippen molar-refractivity contribution in [3.63, 3.8) is 0 Å². The molecule has 158 valence electrons. The molecule has 0 radical (unpaired) electrons. The predicted molar refractivity (Wildman–Crippen MR) is 125 cm³/mol. The van der Waals surface area contributed by atoms with E-state index in [1.807, 2.05) is 69.3 Å². The fraction of sp³-hybridized carbons (Fsp3) is 0.269. The second-order valence-electron chi connectivity index (χ2n) is 8.18. The lowest BCUT2D eigenvalue weighted by Crippen LogP contribution is -2.35. The third kappa shape index (κ3) is 3.83. The van der Waals surface area contributed by atoms with Crippen LogP contribution in [-0.2, 0) is 4.79 Å². The Balaban J connectivity index is 1.67. The van der Waals surface area contributed by atoms with Gasteiger partial charge in [-0.05, 0) is 45.4 Å². The number of nitrogens with one attached hydrogen (secondary N) is 1. The Morgan fingerprint density at radius 2 is 1.74 bits per heavy atom. The molecule has 1 N–H and O–H groups in total. The molecule has 0 saturated heterocycles. The zero-order chi connectivity index (χ0) is 22.1. The van der Waals surface area contributed by atoms with Crippen LogP contribution in [0.5, 0.6) is 0 Å². The number of hydrogen-bond acceptors (Lipinski definition) is 2. The lowest BCUT2D eigenvalue weighted by atomic mass is 9.95. The highest BCUT2D eigenvalue weighted by molar-refractivity contribution is 6.09. The first-order valence-electron chi connectivity index (χ1n) is 10.6. The van der Waals surface area contributed by atoms with Gasteiger partial charge in [-0.15, -0.1) is 0 Å². The molecule has 31 heavy (non-hydrogen) atoms. The van der Waals surface area contributed by atoms with Crippen molar-refractivity contribution in [1.82, 2.24) is 9.88 Å². The smallest absolute Gasteiger partial charge is 0.254 e. The molecular formula is C26H27N3O2. The first-order chi connectivity index (χ1) is 14.9. The summed E-state index contributed by atoms with van der Waals surface area (Å²) in [5, 5.41) is 3.90. The second-order valence-corrected chi connectivity index (χ2v) is 8.18. The number of carbonyl (C=O) groups is 2. The molecule has 2 amide bonds. The van der Waals surface area contributed by atoms with Crippen LogP contribution in [0.2, 0.25) is 0 Å². The van der Waals surface area contributed by atoms with Gasteiger partial charge < -0.3 is 9.88 Å². The maximum absolute atomic E-state index is 13.3. The fourth-order valence-corrected chi connectivity index (χ4v) is 4.50. The number of fused-ring (bicyclic) bond motifs is 1. The highest BCUT2D eigenvalue weighted by Gasteiger charge is 2.27. The SMILES string of the molecule is CC1=CC(C)=NC(=O)C1CNC(=O)c1c(C)n([C@@H](C)c2ccccc2)c2ccccc12. The van der Waals surface area contributed by atoms with Crippen molar-refractivity contribution >= 4 is 28.4 Å². The number of aromatic nitrogens is 1. The van der Waals surface area contributed by atoms with Crippen LogP contribution < -0.4 is 5.32 Å². The van der Waals surface area contributed by atoms with Crippen LogP contribution in [0.1, 0.15) is 48.4 Å². The Morgan fingerprint density at radius 3 is 2.45 bits per heavy atom. The van der Waals surface area contributed by atoms with Gasteiger partial charge in [0.1, 0.15) is 0 Å². The van der Waals surface area contributed by atoms with Gasteiger partial charge in [0, 0.05) is 28.9 Å². The standard InChI is InChI=1S/C26H27N3O2/c1-16-14-17(2)28-25(30)22(16)15-27-26(31)24-19(4)29(23-13-9-8-12-21(23)24)18(3)20-10-6-5-7-11-20/h5-14,18,22H,15H2,1-4H3,(H,27,31)/t18-,22?/m0/s1. The number of amides is 2. The van der Waals surface area contributed by atoms with Crippen molar-refractivity contribution in [2.24, 2.45) is 10.9 Å². The monoisotopic (exact) mass is 413 g/mol. The molecule has 1 unspecified atom stereocenters. The van der Waals surface area contributed by atoms with Crippen molar-refractivity contribution < 1.29 is 9.59 Å². The Bertz CT molecular complexity index is 1220. The summed E-state index contributed by atoms with van der Waals surface area (Å²) in [6.07, 6.45) is 1.90. The molecule has 1 aromatic heterocycles. The molecule has 5 nitrogen and oxygen atoms in total. The van der Waals surface area contributed by atoms with Crippen LogP contribution >= 0.6 is 0 Å². The fourth-order valence-electron chi connectivity index (χ4n) is 4.50. The Labute approximate surface area is 182 Å². The van der Waals surface area contributed by atoms with Crippen LogP contribution in [0.25, 0.3) is 10.9 Å². The molecule has 3 aromatic rings. The molecule has 5 heteroatoms. The molecule has 0 saturated carbocycles. The van der Waals surface area contributed by atoms with Crippen LogP contribution in [-0.4, -0.2) is 28.6 Å². The molecule has 0 bridgehead atoms. The average Bonchev–Trinajstić information content (AvgIpc) is 3.04. The number of allylic oxidation sites excluding steroid dienone is 1. The lowest BCUT2D eigenvalue weighted by molar-refractivity contribution is -0.120. The highest BCUT2D eigenvalue weighted by atomic mass is 16.2. The van der Waals surface area contributed by atoms with Gasteiger partial charge in [0.25, 0.3) is 11.8 Å². The third-order valence-corrected chi connectivity index (χ3v) is 6.09. The van der Waals surface area contributed by atoms with Crippen molar-refractivity contribution in [3.05, 3.63) is 83.1 Å². The molecule has 0 aliphatic carbocycles. The second kappa shape index (κ2) is 8.34. The van der Waals surface area contributed by atoms with Crippen molar-refractivity contribution in [3.8, 4) is 0 Å². The van der Waals surface area contributed by atoms with Crippen LogP contribution in [0.3, 0.4) is 0 Å². The van der Waals surface area contributed by atoms with Crippen molar-refractivity contribution in [2.75, 3.05) is 6.54 Å². The summed E-state index contributed by atoms with van der Waals surface area (Å²) >= 11 is 0. The summed E-state index contributed by atoms with van der Waals surface area (Å²) in [6.45, 7) is 8.09. The predicted octanol–water partition coefficient (Wildman–Crippen LogP) is 4.85. The minimum absolute atomic E-state index is 0.0788. The molecule has 1 aliphatic rings. The van der Waals surface area contributed by atoms with E-state index in [0.717, 1.165) is 22.2 Å². The highest BCUT2D eigenvalue weighted by Crippen LogP contribution is 2.32. The van der Waals surface area contributed by atoms with E-state index in [1.165, 1.54) is 5.56 Å². The van der Waals surface area contributed by atoms with Crippen LogP contribution in [0.4, 0.5) is 0 Å². The summed E-state index contributed by atoms with van der Waals surface area (Å²) in [5.74, 6) is -0.779. The first-order valence-corrected chi connectivity index (χ1v) is 10.6. The van der Waals surface area contributed by atoms with Gasteiger partial charge in [0.05, 0.1) is 17.5 Å². The quantitative estimate of drug-likeness (QED) is 0.650. The van der Waals surface area contributed by atoms with E-state index in [-0.39, 0.29) is 24.4 Å². The van der Waals surface area contributed by atoms with Gasteiger partial charge in [0.15, 0.2) is 0 Å². The number of dihydropyridines is 1. The van der Waals surface area contributed by atoms with E-state index in [4.69, 9.17) is 0 Å². The van der Waals surface area contributed by atoms with Gasteiger partial charge in [-0.1, -0.05) is 54.1 Å². The average molecular weight is 414 g/mol. The topological polar surface area (TPSA) is 63.5 Å². The zero-order valence-corrected chi connectivity index (χ0v) is 18.3. The lowest BCUT2D eigenvalue weighted by Gasteiger charge is -2.19. The molecule has 0 fully saturated rings. The normalized spacial score (nSPS) is 17.3. The molecule has 4 rings (SSSR count). The summed E-state index contributed by atoms with van der Waals surface area (Å²) < 4.78 is 2.21. The number of rotatable bonds is 5. The number of nitrogens with zero attached hydrogens (tertiary/aromatic N) is 2. The number of aliphatic imine (C=N–C) groups is 1. The summed E-state index contributed by atoms with van der Waals surface area (Å²) in [4.78, 5) is 29.6. The van der Waals surface area contributed by atoms with E-state index in [0.29, 0.717) is 11.3 Å². The van der Waals surface area contributed by atoms with Gasteiger partial charge in [0.2, 0.25) is 0 Å². The molecule has 2 heterocycles. The number of hydrogen-bond donors (Lipinski definition) is 1. The molecule has 1 aliphatic heterocycles. The van der Waals surface area contributed by atoms with Gasteiger partial charge in [-0.3, -0.25) is 9.59 Å². The number of para-hydroxylation sites is 1. The van der Waals surface area contributed by atoms with E-state index in [1.54, 1.807) is 0 Å². The van der Waals surface area contributed by atoms with Gasteiger partial charge in [-0.25, -0.2) is 4.99 Å². The minimum atomic E-state index is -0.412. The zero-order valence-electron chi connectivity index (χ0n) is 18.3. The minimum Gasteiger partial charge on any atom is -0.351 e. The first kappa shape index (κ1) is 20.8. The largest absolute Gasteiger partial charge is 0.351 e. The molecule has 2 aromatic carbocycles. The Kier molecular flexibility index (Phi) is 5.59. The third-order valence-electron chi connectivity index (χ3n) is 6.09. The van der Waals surface area contributed by atoms with E-state index in [9.17, 15) is 9.59 Å². The molecule has 2 atom stereocenters. The van der Waals surface area contributed by atoms with E-state index >= 15 is 0 Å². The van der Waals surface area contributed by atoms with Crippen molar-refractivity contribution in [1.29, 1.82) is 0 Å². The Hall–Kier alpha value is -3.47. The molecular weight excluding hydrogens is 386 g/mol. The van der Waals surface area contributed by atoms with Gasteiger partial charge in [-0.2, -0.15) is 0 Å². The maximum Gasteiger partial charge on any atom is 0.254 e. The summed E-state index contributed by atoms with van der Waals surface area (Å²) in [7, 11) is 0. The number of benzene rings is 2. The number of carbonyl (C=O) groups excluding carboxylic acids is 2. The van der Waals surface area contributed by atoms with Crippen LogP contribution in [0, 0.1) is 12.8 Å². The summed E-state index contributed by atoms with van der Waals surface area (Å²) in [5.41, 5.74) is 5.40. The molecule has 0 spiro atoms. The maximum atomic E-state index is 13.3. The van der Waals surface area contributed by atoms with Crippen molar-refractivity contribution in [2.45, 2.75) is 33.7 Å². The van der Waals surface area contributed by atoms with E-state index in [2.05, 4.69) is 33.9 Å². The van der Waals surface area contributed by atoms with Gasteiger partial charge >= 0.3 is 0 Å².